The normalized spacial score (nSPS) is 10.9. The van der Waals surface area contributed by atoms with Crippen LogP contribution in [-0.4, -0.2) is 43.5 Å². The molecule has 0 amide bonds. The Hall–Kier alpha value is -1.26. The molecule has 0 bridgehead atoms. The zero-order valence-electron chi connectivity index (χ0n) is 11.7. The third-order valence-electron chi connectivity index (χ3n) is 3.02. The van der Waals surface area contributed by atoms with Crippen LogP contribution < -0.4 is 0 Å². The number of hydrogen-bond acceptors (Lipinski definition) is 3. The molecule has 1 aromatic rings. The van der Waals surface area contributed by atoms with Crippen molar-refractivity contribution in [1.29, 1.82) is 0 Å². The number of ether oxygens (including phenoxy) is 1. The summed E-state index contributed by atoms with van der Waals surface area (Å²) in [5, 5.41) is 0. The van der Waals surface area contributed by atoms with Gasteiger partial charge in [0.15, 0.2) is 5.78 Å². The van der Waals surface area contributed by atoms with E-state index < -0.39 is 0 Å². The summed E-state index contributed by atoms with van der Waals surface area (Å²) < 4.78 is 18.1. The van der Waals surface area contributed by atoms with Crippen molar-refractivity contribution in [3.8, 4) is 0 Å². The first-order chi connectivity index (χ1) is 9.17. The van der Waals surface area contributed by atoms with Gasteiger partial charge in [0.05, 0.1) is 6.61 Å². The Bertz CT molecular complexity index is 378. The van der Waals surface area contributed by atoms with E-state index in [1.807, 2.05) is 6.92 Å². The summed E-state index contributed by atoms with van der Waals surface area (Å²) in [5.74, 6) is -0.265. The highest BCUT2D eigenvalue weighted by molar-refractivity contribution is 5.96. The van der Waals surface area contributed by atoms with E-state index in [2.05, 4.69) is 11.8 Å². The third-order valence-corrected chi connectivity index (χ3v) is 3.02. The van der Waals surface area contributed by atoms with E-state index in [-0.39, 0.29) is 11.6 Å². The van der Waals surface area contributed by atoms with Gasteiger partial charge < -0.3 is 9.64 Å². The average molecular weight is 267 g/mol. The second-order valence-corrected chi connectivity index (χ2v) is 4.31. The van der Waals surface area contributed by atoms with Crippen LogP contribution in [0.5, 0.6) is 0 Å². The summed E-state index contributed by atoms with van der Waals surface area (Å²) >= 11 is 0. The highest BCUT2D eigenvalue weighted by atomic mass is 19.1. The molecule has 0 atom stereocenters. The van der Waals surface area contributed by atoms with Crippen LogP contribution in [-0.2, 0) is 4.74 Å². The molecule has 0 unspecified atom stereocenters. The van der Waals surface area contributed by atoms with Gasteiger partial charge in [0.2, 0.25) is 0 Å². The monoisotopic (exact) mass is 267 g/mol. The standard InChI is InChI=1S/C15H22FNO2/c1-3-17(11-12-19-4-2)10-9-15(18)13-5-7-14(16)8-6-13/h5-8H,3-4,9-12H2,1-2H3. The Morgan fingerprint density at radius 2 is 1.89 bits per heavy atom. The second kappa shape index (κ2) is 8.77. The molecule has 0 aliphatic rings. The van der Waals surface area contributed by atoms with Crippen LogP contribution in [0.3, 0.4) is 0 Å². The molecule has 0 aromatic heterocycles. The maximum Gasteiger partial charge on any atom is 0.164 e. The smallest absolute Gasteiger partial charge is 0.164 e. The van der Waals surface area contributed by atoms with Crippen LogP contribution in [0, 0.1) is 5.82 Å². The number of Topliss-reactive ketones (excluding diaryl/α,β-unsaturated/α-hetero) is 1. The van der Waals surface area contributed by atoms with Crippen molar-refractivity contribution in [2.45, 2.75) is 20.3 Å². The highest BCUT2D eigenvalue weighted by Gasteiger charge is 2.09. The third kappa shape index (κ3) is 5.94. The Kier molecular flexibility index (Phi) is 7.30. The Labute approximate surface area is 114 Å². The minimum atomic E-state index is -0.316. The van der Waals surface area contributed by atoms with Gasteiger partial charge in [0, 0.05) is 31.7 Å². The summed E-state index contributed by atoms with van der Waals surface area (Å²) in [4.78, 5) is 14.1. The Morgan fingerprint density at radius 3 is 2.47 bits per heavy atom. The van der Waals surface area contributed by atoms with Gasteiger partial charge in [-0.15, -0.1) is 0 Å². The molecule has 0 aliphatic heterocycles. The highest BCUT2D eigenvalue weighted by Crippen LogP contribution is 2.06. The number of benzene rings is 1. The Balaban J connectivity index is 2.37. The molecule has 3 nitrogen and oxygen atoms in total. The molecule has 1 aromatic carbocycles. The number of carbonyl (C=O) groups excluding carboxylic acids is 1. The number of ketones is 1. The minimum Gasteiger partial charge on any atom is -0.380 e. The SMILES string of the molecule is CCOCCN(CC)CCC(=O)c1ccc(F)cc1. The molecule has 0 fully saturated rings. The van der Waals surface area contributed by atoms with Gasteiger partial charge in [-0.05, 0) is 37.7 Å². The molecule has 0 spiro atoms. The number of nitrogens with zero attached hydrogens (tertiary/aromatic N) is 1. The molecule has 0 radical (unpaired) electrons. The van der Waals surface area contributed by atoms with Crippen molar-refractivity contribution < 1.29 is 13.9 Å². The maximum atomic E-state index is 12.8. The molecular formula is C15H22FNO2. The van der Waals surface area contributed by atoms with Crippen LogP contribution in [0.2, 0.25) is 0 Å². The van der Waals surface area contributed by atoms with Crippen molar-refractivity contribution in [2.24, 2.45) is 0 Å². The largest absolute Gasteiger partial charge is 0.380 e. The lowest BCUT2D eigenvalue weighted by Crippen LogP contribution is -2.29. The van der Waals surface area contributed by atoms with Gasteiger partial charge in [-0.1, -0.05) is 6.92 Å². The van der Waals surface area contributed by atoms with Crippen molar-refractivity contribution in [2.75, 3.05) is 32.8 Å². The molecule has 106 valence electrons. The number of carbonyl (C=O) groups is 1. The van der Waals surface area contributed by atoms with Crippen LogP contribution in [0.15, 0.2) is 24.3 Å². The molecule has 0 aliphatic carbocycles. The van der Waals surface area contributed by atoms with Gasteiger partial charge >= 0.3 is 0 Å². The van der Waals surface area contributed by atoms with Gasteiger partial charge in [-0.25, -0.2) is 4.39 Å². The van der Waals surface area contributed by atoms with E-state index in [9.17, 15) is 9.18 Å². The predicted octanol–water partition coefficient (Wildman–Crippen LogP) is 2.76. The lowest BCUT2D eigenvalue weighted by Gasteiger charge is -2.19. The van der Waals surface area contributed by atoms with Gasteiger partial charge in [0.1, 0.15) is 5.82 Å². The van der Waals surface area contributed by atoms with Crippen LogP contribution >= 0.6 is 0 Å². The maximum absolute atomic E-state index is 12.8. The van der Waals surface area contributed by atoms with E-state index in [0.29, 0.717) is 31.7 Å². The first-order valence-corrected chi connectivity index (χ1v) is 6.76. The van der Waals surface area contributed by atoms with Gasteiger partial charge in [-0.2, -0.15) is 0 Å². The summed E-state index contributed by atoms with van der Waals surface area (Å²) in [6.07, 6.45) is 0.450. The molecule has 4 heteroatoms. The van der Waals surface area contributed by atoms with Crippen molar-refractivity contribution in [3.05, 3.63) is 35.6 Å². The summed E-state index contributed by atoms with van der Waals surface area (Å²) in [6, 6.07) is 5.71. The minimum absolute atomic E-state index is 0.0508. The quantitative estimate of drug-likeness (QED) is 0.509. The molecule has 1 rings (SSSR count). The van der Waals surface area contributed by atoms with E-state index in [1.54, 1.807) is 0 Å². The number of hydrogen-bond donors (Lipinski definition) is 0. The lowest BCUT2D eigenvalue weighted by atomic mass is 10.1. The van der Waals surface area contributed by atoms with Crippen LogP contribution in [0.4, 0.5) is 4.39 Å². The summed E-state index contributed by atoms with van der Waals surface area (Å²) in [7, 11) is 0. The average Bonchev–Trinajstić information content (AvgIpc) is 2.43. The summed E-state index contributed by atoms with van der Waals surface area (Å²) in [5.41, 5.74) is 0.572. The zero-order valence-corrected chi connectivity index (χ0v) is 11.7. The fourth-order valence-corrected chi connectivity index (χ4v) is 1.81. The van der Waals surface area contributed by atoms with E-state index >= 15 is 0 Å². The van der Waals surface area contributed by atoms with Crippen molar-refractivity contribution in [1.82, 2.24) is 4.90 Å². The molecule has 0 saturated heterocycles. The zero-order chi connectivity index (χ0) is 14.1. The lowest BCUT2D eigenvalue weighted by molar-refractivity contribution is 0.0930. The molecule has 19 heavy (non-hydrogen) atoms. The number of halogens is 1. The summed E-state index contributed by atoms with van der Waals surface area (Å²) in [6.45, 7) is 7.87. The van der Waals surface area contributed by atoms with E-state index in [4.69, 9.17) is 4.74 Å². The molecule has 0 heterocycles. The topological polar surface area (TPSA) is 29.5 Å². The van der Waals surface area contributed by atoms with Crippen LogP contribution in [0.1, 0.15) is 30.6 Å². The van der Waals surface area contributed by atoms with Crippen LogP contribution in [0.25, 0.3) is 0 Å². The molecule has 0 saturated carbocycles. The predicted molar refractivity (Wildman–Crippen MR) is 74.0 cm³/mol. The van der Waals surface area contributed by atoms with Gasteiger partial charge in [0.25, 0.3) is 0 Å². The second-order valence-electron chi connectivity index (χ2n) is 4.31. The fraction of sp³-hybridized carbons (Fsp3) is 0.533. The van der Waals surface area contributed by atoms with Crippen molar-refractivity contribution in [3.63, 3.8) is 0 Å². The van der Waals surface area contributed by atoms with E-state index in [1.165, 1.54) is 24.3 Å². The fourth-order valence-electron chi connectivity index (χ4n) is 1.81. The first-order valence-electron chi connectivity index (χ1n) is 6.76. The first kappa shape index (κ1) is 15.8. The Morgan fingerprint density at radius 1 is 1.21 bits per heavy atom. The molecule has 0 N–H and O–H groups in total. The van der Waals surface area contributed by atoms with Gasteiger partial charge in [-0.3, -0.25) is 4.79 Å². The van der Waals surface area contributed by atoms with Crippen molar-refractivity contribution >= 4 is 5.78 Å². The number of likely N-dealkylation sites (N-methyl/N-ethyl adjacent to an activating group) is 1. The molecular weight excluding hydrogens is 245 g/mol. The number of rotatable bonds is 9. The van der Waals surface area contributed by atoms with E-state index in [0.717, 1.165) is 13.1 Å².